The average Bonchev–Trinajstić information content (AvgIpc) is 2.75. The van der Waals surface area contributed by atoms with E-state index >= 15 is 0 Å². The van der Waals surface area contributed by atoms with Crippen LogP contribution in [0.3, 0.4) is 0 Å². The van der Waals surface area contributed by atoms with Crippen LogP contribution in [0.25, 0.3) is 0 Å². The molecule has 1 aromatic carbocycles. The summed E-state index contributed by atoms with van der Waals surface area (Å²) >= 11 is 0. The van der Waals surface area contributed by atoms with E-state index in [1.54, 1.807) is 0 Å². The molecule has 106 valence electrons. The molecule has 1 saturated heterocycles. The third-order valence-electron chi connectivity index (χ3n) is 3.26. The van der Waals surface area contributed by atoms with Crippen LogP contribution in [0.2, 0.25) is 0 Å². The van der Waals surface area contributed by atoms with E-state index < -0.39 is 10.0 Å². The van der Waals surface area contributed by atoms with Crippen LogP contribution in [0.5, 0.6) is 0 Å². The molecule has 2 rings (SSSR count). The van der Waals surface area contributed by atoms with E-state index in [4.69, 9.17) is 5.11 Å². The number of benzene rings is 1. The summed E-state index contributed by atoms with van der Waals surface area (Å²) in [4.78, 5) is 2.23. The molecule has 0 amide bonds. The van der Waals surface area contributed by atoms with E-state index in [9.17, 15) is 8.42 Å². The van der Waals surface area contributed by atoms with Crippen LogP contribution in [0.4, 0.5) is 0 Å². The maximum atomic E-state index is 11.2. The molecule has 1 atom stereocenters. The van der Waals surface area contributed by atoms with Gasteiger partial charge in [-0.2, -0.15) is 0 Å². The molecule has 19 heavy (non-hydrogen) atoms. The minimum Gasteiger partial charge on any atom is -0.392 e. The summed E-state index contributed by atoms with van der Waals surface area (Å²) < 4.78 is 25.0. The number of hydrogen-bond donors (Lipinski definition) is 2. The summed E-state index contributed by atoms with van der Waals surface area (Å²) in [6.45, 7) is 2.52. The molecule has 1 heterocycles. The third kappa shape index (κ3) is 4.58. The van der Waals surface area contributed by atoms with Gasteiger partial charge >= 0.3 is 0 Å². The first-order valence-electron chi connectivity index (χ1n) is 6.34. The maximum absolute atomic E-state index is 11.2. The summed E-state index contributed by atoms with van der Waals surface area (Å²) in [5, 5.41) is 8.98. The van der Waals surface area contributed by atoms with Gasteiger partial charge in [-0.05, 0) is 17.5 Å². The molecule has 1 aromatic rings. The minimum absolute atomic E-state index is 0.0201. The van der Waals surface area contributed by atoms with Gasteiger partial charge in [0.15, 0.2) is 0 Å². The van der Waals surface area contributed by atoms with E-state index in [1.807, 2.05) is 24.3 Å². The lowest BCUT2D eigenvalue weighted by Crippen LogP contribution is -2.36. The van der Waals surface area contributed by atoms with Crippen molar-refractivity contribution in [1.82, 2.24) is 9.62 Å². The fourth-order valence-corrected chi connectivity index (χ4v) is 3.18. The number of sulfonamides is 1. The zero-order chi connectivity index (χ0) is 13.9. The Morgan fingerprint density at radius 3 is 2.53 bits per heavy atom. The Hall–Kier alpha value is -0.950. The SMILES string of the molecule is CS(=O)(=O)NC1CCN(Cc2ccc(CO)cc2)C1. The fourth-order valence-electron chi connectivity index (χ4n) is 2.38. The molecule has 1 fully saturated rings. The molecule has 6 heteroatoms. The molecule has 1 aliphatic rings. The Balaban J connectivity index is 1.87. The average molecular weight is 284 g/mol. The summed E-state index contributed by atoms with van der Waals surface area (Å²) in [7, 11) is -3.12. The molecule has 0 bridgehead atoms. The first-order chi connectivity index (χ1) is 8.96. The number of likely N-dealkylation sites (tertiary alicyclic amines) is 1. The van der Waals surface area contributed by atoms with Crippen LogP contribution in [-0.4, -0.2) is 43.8 Å². The number of aliphatic hydroxyl groups is 1. The van der Waals surface area contributed by atoms with Crippen molar-refractivity contribution >= 4 is 10.0 Å². The lowest BCUT2D eigenvalue weighted by molar-refractivity contribution is 0.281. The number of hydrogen-bond acceptors (Lipinski definition) is 4. The molecule has 1 unspecified atom stereocenters. The van der Waals surface area contributed by atoms with Crippen molar-refractivity contribution in [1.29, 1.82) is 0 Å². The quantitative estimate of drug-likeness (QED) is 0.816. The molecule has 1 aliphatic heterocycles. The summed E-state index contributed by atoms with van der Waals surface area (Å²) in [6, 6.07) is 7.85. The molecular weight excluding hydrogens is 264 g/mol. The molecule has 0 aliphatic carbocycles. The molecular formula is C13H20N2O3S. The second-order valence-electron chi connectivity index (χ2n) is 5.09. The summed E-state index contributed by atoms with van der Waals surface area (Å²) in [6.07, 6.45) is 2.05. The second kappa shape index (κ2) is 6.00. The van der Waals surface area contributed by atoms with Crippen molar-refractivity contribution in [3.05, 3.63) is 35.4 Å². The van der Waals surface area contributed by atoms with Gasteiger partial charge in [-0.15, -0.1) is 0 Å². The van der Waals surface area contributed by atoms with E-state index in [0.717, 1.165) is 31.6 Å². The van der Waals surface area contributed by atoms with Gasteiger partial charge in [0.1, 0.15) is 0 Å². The molecule has 5 nitrogen and oxygen atoms in total. The number of aliphatic hydroxyl groups excluding tert-OH is 1. The molecule has 0 spiro atoms. The van der Waals surface area contributed by atoms with Gasteiger partial charge in [-0.3, -0.25) is 4.90 Å². The Bertz CT molecular complexity index is 513. The standard InChI is InChI=1S/C13H20N2O3S/c1-19(17,18)14-13-6-7-15(9-13)8-11-2-4-12(10-16)5-3-11/h2-5,13-14,16H,6-10H2,1H3. The number of nitrogens with one attached hydrogen (secondary N) is 1. The monoisotopic (exact) mass is 284 g/mol. The molecule has 0 saturated carbocycles. The van der Waals surface area contributed by atoms with Crippen LogP contribution in [0, 0.1) is 0 Å². The smallest absolute Gasteiger partial charge is 0.208 e. The highest BCUT2D eigenvalue weighted by molar-refractivity contribution is 7.88. The normalized spacial score (nSPS) is 20.8. The second-order valence-corrected chi connectivity index (χ2v) is 6.87. The highest BCUT2D eigenvalue weighted by Gasteiger charge is 2.24. The lowest BCUT2D eigenvalue weighted by atomic mass is 10.1. The van der Waals surface area contributed by atoms with Crippen molar-refractivity contribution in [3.63, 3.8) is 0 Å². The maximum Gasteiger partial charge on any atom is 0.208 e. The molecule has 2 N–H and O–H groups in total. The van der Waals surface area contributed by atoms with Crippen molar-refractivity contribution < 1.29 is 13.5 Å². The van der Waals surface area contributed by atoms with Crippen LogP contribution in [0.15, 0.2) is 24.3 Å². The van der Waals surface area contributed by atoms with Gasteiger partial charge in [0, 0.05) is 25.7 Å². The van der Waals surface area contributed by atoms with Crippen molar-refractivity contribution in [2.75, 3.05) is 19.3 Å². The highest BCUT2D eigenvalue weighted by Crippen LogP contribution is 2.14. The Morgan fingerprint density at radius 2 is 1.95 bits per heavy atom. The van der Waals surface area contributed by atoms with E-state index in [2.05, 4.69) is 9.62 Å². The van der Waals surface area contributed by atoms with Crippen molar-refractivity contribution in [2.45, 2.75) is 25.6 Å². The molecule has 0 aromatic heterocycles. The predicted octanol–water partition coefficient (Wildman–Crippen LogP) is 0.302. The third-order valence-corrected chi connectivity index (χ3v) is 4.03. The topological polar surface area (TPSA) is 69.6 Å². The zero-order valence-corrected chi connectivity index (χ0v) is 11.9. The van der Waals surface area contributed by atoms with Crippen LogP contribution in [0.1, 0.15) is 17.5 Å². The van der Waals surface area contributed by atoms with Crippen molar-refractivity contribution in [3.8, 4) is 0 Å². The van der Waals surface area contributed by atoms with Gasteiger partial charge in [-0.25, -0.2) is 13.1 Å². The Kier molecular flexibility index (Phi) is 4.57. The Morgan fingerprint density at radius 1 is 1.32 bits per heavy atom. The highest BCUT2D eigenvalue weighted by atomic mass is 32.2. The van der Waals surface area contributed by atoms with E-state index in [1.165, 1.54) is 11.8 Å². The Labute approximate surface area is 114 Å². The van der Waals surface area contributed by atoms with E-state index in [0.29, 0.717) is 0 Å². The first kappa shape index (κ1) is 14.5. The molecule has 0 radical (unpaired) electrons. The number of nitrogens with zero attached hydrogens (tertiary/aromatic N) is 1. The predicted molar refractivity (Wildman–Crippen MR) is 74.0 cm³/mol. The van der Waals surface area contributed by atoms with Gasteiger partial charge < -0.3 is 5.11 Å². The first-order valence-corrected chi connectivity index (χ1v) is 8.24. The number of rotatable bonds is 5. The van der Waals surface area contributed by atoms with E-state index in [-0.39, 0.29) is 12.6 Å². The lowest BCUT2D eigenvalue weighted by Gasteiger charge is -2.16. The largest absolute Gasteiger partial charge is 0.392 e. The van der Waals surface area contributed by atoms with Crippen LogP contribution in [-0.2, 0) is 23.2 Å². The van der Waals surface area contributed by atoms with Crippen LogP contribution < -0.4 is 4.72 Å². The minimum atomic E-state index is -3.12. The van der Waals surface area contributed by atoms with Gasteiger partial charge in [0.05, 0.1) is 12.9 Å². The zero-order valence-electron chi connectivity index (χ0n) is 11.0. The van der Waals surface area contributed by atoms with Crippen molar-refractivity contribution in [2.24, 2.45) is 0 Å². The summed E-state index contributed by atoms with van der Waals surface area (Å²) in [5.41, 5.74) is 2.08. The summed E-state index contributed by atoms with van der Waals surface area (Å²) in [5.74, 6) is 0. The van der Waals surface area contributed by atoms with Gasteiger partial charge in [-0.1, -0.05) is 24.3 Å². The van der Waals surface area contributed by atoms with Gasteiger partial charge in [0.25, 0.3) is 0 Å². The van der Waals surface area contributed by atoms with Gasteiger partial charge in [0.2, 0.25) is 10.0 Å². The van der Waals surface area contributed by atoms with Crippen LogP contribution >= 0.6 is 0 Å². The fraction of sp³-hybridized carbons (Fsp3) is 0.538.